The van der Waals surface area contributed by atoms with Crippen LogP contribution in [-0.2, 0) is 9.47 Å². The Balaban J connectivity index is 2.29. The molecule has 0 aromatic carbocycles. The lowest BCUT2D eigenvalue weighted by molar-refractivity contribution is 0.0460. The Labute approximate surface area is 138 Å². The molecule has 126 valence electrons. The predicted molar refractivity (Wildman–Crippen MR) is 87.6 cm³/mol. The summed E-state index contributed by atoms with van der Waals surface area (Å²) in [5, 5.41) is 2.72. The van der Waals surface area contributed by atoms with E-state index in [9.17, 15) is 9.59 Å². The summed E-state index contributed by atoms with van der Waals surface area (Å²) in [6.45, 7) is 9.14. The zero-order valence-corrected chi connectivity index (χ0v) is 14.7. The minimum Gasteiger partial charge on any atom is -0.461 e. The van der Waals surface area contributed by atoms with Crippen LogP contribution in [0.4, 0.5) is 4.79 Å². The van der Waals surface area contributed by atoms with Gasteiger partial charge >= 0.3 is 12.1 Å². The maximum Gasteiger partial charge on any atom is 0.409 e. The summed E-state index contributed by atoms with van der Waals surface area (Å²) in [6.07, 6.45) is -1.07. The van der Waals surface area contributed by atoms with Crippen molar-refractivity contribution in [3.63, 3.8) is 0 Å². The van der Waals surface area contributed by atoms with E-state index in [0.717, 1.165) is 4.70 Å². The highest BCUT2D eigenvalue weighted by atomic mass is 32.1. The van der Waals surface area contributed by atoms with Crippen LogP contribution in [-0.4, -0.2) is 33.8 Å². The second kappa shape index (κ2) is 6.57. The molecule has 0 radical (unpaired) electrons. The SMILES string of the molecule is CCOC(=O)c1cc2scnc2n1C(C)NC(=O)OC(C)(C)C. The van der Waals surface area contributed by atoms with Crippen LogP contribution in [0.25, 0.3) is 10.3 Å². The number of hydrogen-bond acceptors (Lipinski definition) is 6. The van der Waals surface area contributed by atoms with E-state index in [1.165, 1.54) is 11.3 Å². The summed E-state index contributed by atoms with van der Waals surface area (Å²) in [6, 6.07) is 1.72. The molecule has 0 fully saturated rings. The van der Waals surface area contributed by atoms with Gasteiger partial charge in [0.05, 0.1) is 16.8 Å². The molecule has 0 saturated carbocycles. The number of carbonyl (C=O) groups is 2. The Hall–Kier alpha value is -2.09. The van der Waals surface area contributed by atoms with Gasteiger partial charge in [0.1, 0.15) is 17.5 Å². The van der Waals surface area contributed by atoms with Crippen molar-refractivity contribution in [1.29, 1.82) is 0 Å². The normalized spacial score (nSPS) is 12.9. The van der Waals surface area contributed by atoms with Gasteiger partial charge in [-0.25, -0.2) is 14.6 Å². The third-order valence-electron chi connectivity index (χ3n) is 2.93. The minimum absolute atomic E-state index is 0.277. The summed E-state index contributed by atoms with van der Waals surface area (Å²) in [5.41, 5.74) is 2.07. The number of nitrogens with zero attached hydrogens (tertiary/aromatic N) is 2. The van der Waals surface area contributed by atoms with Gasteiger partial charge < -0.3 is 14.8 Å². The lowest BCUT2D eigenvalue weighted by atomic mass is 10.2. The van der Waals surface area contributed by atoms with Gasteiger partial charge in [-0.1, -0.05) is 0 Å². The van der Waals surface area contributed by atoms with Gasteiger partial charge in [-0.2, -0.15) is 0 Å². The molecule has 0 spiro atoms. The summed E-state index contributed by atoms with van der Waals surface area (Å²) < 4.78 is 12.8. The lowest BCUT2D eigenvalue weighted by Crippen LogP contribution is -2.36. The number of alkyl carbamates (subject to hydrolysis) is 1. The number of fused-ring (bicyclic) bond motifs is 1. The number of nitrogens with one attached hydrogen (secondary N) is 1. The zero-order valence-electron chi connectivity index (χ0n) is 13.9. The summed E-state index contributed by atoms with van der Waals surface area (Å²) >= 11 is 1.42. The third kappa shape index (κ3) is 4.01. The summed E-state index contributed by atoms with van der Waals surface area (Å²) in [5.74, 6) is -0.449. The van der Waals surface area contributed by atoms with Gasteiger partial charge in [0.15, 0.2) is 5.65 Å². The van der Waals surface area contributed by atoms with Gasteiger partial charge in [0.25, 0.3) is 0 Å². The molecule has 0 aliphatic heterocycles. The Morgan fingerprint density at radius 3 is 2.74 bits per heavy atom. The van der Waals surface area contributed by atoms with Crippen molar-refractivity contribution < 1.29 is 19.1 Å². The van der Waals surface area contributed by atoms with Gasteiger partial charge in [-0.05, 0) is 40.7 Å². The third-order valence-corrected chi connectivity index (χ3v) is 3.69. The lowest BCUT2D eigenvalue weighted by Gasteiger charge is -2.23. The number of carbonyl (C=O) groups excluding carboxylic acids is 2. The fraction of sp³-hybridized carbons (Fsp3) is 0.533. The van der Waals surface area contributed by atoms with E-state index in [1.807, 2.05) is 0 Å². The minimum atomic E-state index is -0.597. The number of thiazole rings is 1. The first-order valence-corrected chi connectivity index (χ1v) is 8.22. The van der Waals surface area contributed by atoms with E-state index in [4.69, 9.17) is 9.47 Å². The highest BCUT2D eigenvalue weighted by Gasteiger charge is 2.24. The van der Waals surface area contributed by atoms with Crippen LogP contribution in [0.1, 0.15) is 51.3 Å². The zero-order chi connectivity index (χ0) is 17.2. The van der Waals surface area contributed by atoms with Crippen molar-refractivity contribution >= 4 is 33.7 Å². The smallest absolute Gasteiger partial charge is 0.409 e. The molecule has 1 atom stereocenters. The van der Waals surface area contributed by atoms with E-state index in [-0.39, 0.29) is 6.61 Å². The largest absolute Gasteiger partial charge is 0.461 e. The molecule has 1 unspecified atom stereocenters. The number of esters is 1. The van der Waals surface area contributed by atoms with Crippen LogP contribution < -0.4 is 5.32 Å². The van der Waals surface area contributed by atoms with Gasteiger partial charge in [-0.3, -0.25) is 4.57 Å². The first-order valence-electron chi connectivity index (χ1n) is 7.34. The second-order valence-corrected chi connectivity index (χ2v) is 6.87. The average Bonchev–Trinajstić information content (AvgIpc) is 2.95. The molecule has 2 aromatic rings. The number of hydrogen-bond donors (Lipinski definition) is 1. The molecule has 23 heavy (non-hydrogen) atoms. The number of aromatic nitrogens is 2. The molecule has 8 heteroatoms. The highest BCUT2D eigenvalue weighted by molar-refractivity contribution is 7.16. The first kappa shape index (κ1) is 17.3. The molecular weight excluding hydrogens is 318 g/mol. The molecule has 1 N–H and O–H groups in total. The van der Waals surface area contributed by atoms with Crippen LogP contribution in [0.3, 0.4) is 0 Å². The quantitative estimate of drug-likeness (QED) is 0.864. The van der Waals surface area contributed by atoms with Crippen molar-refractivity contribution in [2.24, 2.45) is 0 Å². The highest BCUT2D eigenvalue weighted by Crippen LogP contribution is 2.26. The Morgan fingerprint density at radius 2 is 2.13 bits per heavy atom. The van der Waals surface area contributed by atoms with Crippen molar-refractivity contribution in [1.82, 2.24) is 14.9 Å². The maximum absolute atomic E-state index is 12.1. The van der Waals surface area contributed by atoms with Gasteiger partial charge in [-0.15, -0.1) is 11.3 Å². The standard InChI is InChI=1S/C15H21N3O4S/c1-6-21-13(19)10-7-11-12(16-8-23-11)18(10)9(2)17-14(20)22-15(3,4)5/h7-9H,6H2,1-5H3,(H,17,20). The van der Waals surface area contributed by atoms with Crippen LogP contribution in [0.15, 0.2) is 11.6 Å². The topological polar surface area (TPSA) is 82.5 Å². The van der Waals surface area contributed by atoms with Gasteiger partial charge in [0, 0.05) is 0 Å². The van der Waals surface area contributed by atoms with Crippen LogP contribution >= 0.6 is 11.3 Å². The molecule has 0 saturated heterocycles. The molecule has 2 rings (SSSR count). The number of rotatable bonds is 4. The first-order chi connectivity index (χ1) is 10.7. The monoisotopic (exact) mass is 339 g/mol. The van der Waals surface area contributed by atoms with Crippen molar-refractivity contribution in [2.75, 3.05) is 6.61 Å². The molecule has 2 aromatic heterocycles. The van der Waals surface area contributed by atoms with Crippen LogP contribution in [0.2, 0.25) is 0 Å². The Kier molecular flexibility index (Phi) is 4.93. The summed E-state index contributed by atoms with van der Waals surface area (Å²) in [4.78, 5) is 28.4. The molecule has 2 heterocycles. The summed E-state index contributed by atoms with van der Waals surface area (Å²) in [7, 11) is 0. The second-order valence-electron chi connectivity index (χ2n) is 5.98. The van der Waals surface area contributed by atoms with E-state index in [2.05, 4.69) is 10.3 Å². The predicted octanol–water partition coefficient (Wildman–Crippen LogP) is 3.32. The Morgan fingerprint density at radius 1 is 1.43 bits per heavy atom. The Bertz CT molecular complexity index is 714. The van der Waals surface area contributed by atoms with Crippen molar-refractivity contribution in [3.8, 4) is 0 Å². The number of amides is 1. The van der Waals surface area contributed by atoms with Crippen LogP contribution in [0, 0.1) is 0 Å². The molecule has 7 nitrogen and oxygen atoms in total. The fourth-order valence-electron chi connectivity index (χ4n) is 2.13. The van der Waals surface area contributed by atoms with Crippen molar-refractivity contribution in [3.05, 3.63) is 17.3 Å². The number of ether oxygens (including phenoxy) is 2. The molecule has 0 aliphatic carbocycles. The van der Waals surface area contributed by atoms with Gasteiger partial charge in [0.2, 0.25) is 0 Å². The maximum atomic E-state index is 12.1. The fourth-order valence-corrected chi connectivity index (χ4v) is 2.84. The van der Waals surface area contributed by atoms with E-state index in [0.29, 0.717) is 11.3 Å². The van der Waals surface area contributed by atoms with Crippen molar-refractivity contribution in [2.45, 2.75) is 46.4 Å². The van der Waals surface area contributed by atoms with E-state index < -0.39 is 23.8 Å². The van der Waals surface area contributed by atoms with Crippen LogP contribution in [0.5, 0.6) is 0 Å². The average molecular weight is 339 g/mol. The molecule has 0 aliphatic rings. The van der Waals surface area contributed by atoms with E-state index in [1.54, 1.807) is 50.8 Å². The molecule has 1 amide bonds. The molecular formula is C15H21N3O4S. The molecule has 0 bridgehead atoms. The van der Waals surface area contributed by atoms with E-state index >= 15 is 0 Å².